The Bertz CT molecular complexity index is 640. The SMILES string of the molecule is COc1ccccc1CN(CCO)C(=O)c1cccc(C)c1. The summed E-state index contributed by atoms with van der Waals surface area (Å²) in [4.78, 5) is 14.3. The van der Waals surface area contributed by atoms with Gasteiger partial charge in [0, 0.05) is 24.2 Å². The molecule has 0 aliphatic carbocycles. The number of benzene rings is 2. The lowest BCUT2D eigenvalue weighted by atomic mass is 10.1. The number of aliphatic hydroxyl groups is 1. The van der Waals surface area contributed by atoms with E-state index in [0.29, 0.717) is 12.1 Å². The second-order valence-electron chi connectivity index (χ2n) is 5.13. The Labute approximate surface area is 131 Å². The van der Waals surface area contributed by atoms with Gasteiger partial charge in [0.05, 0.1) is 13.7 Å². The fourth-order valence-electron chi connectivity index (χ4n) is 2.37. The molecule has 2 aromatic carbocycles. The van der Waals surface area contributed by atoms with Crippen molar-refractivity contribution in [2.24, 2.45) is 0 Å². The number of aliphatic hydroxyl groups excluding tert-OH is 1. The van der Waals surface area contributed by atoms with Crippen molar-refractivity contribution >= 4 is 5.91 Å². The molecule has 0 fully saturated rings. The molecular weight excluding hydrogens is 278 g/mol. The van der Waals surface area contributed by atoms with Crippen LogP contribution in [0.15, 0.2) is 48.5 Å². The zero-order valence-electron chi connectivity index (χ0n) is 13.0. The van der Waals surface area contributed by atoms with Gasteiger partial charge in [-0.05, 0) is 25.1 Å². The average Bonchev–Trinajstić information content (AvgIpc) is 2.54. The molecule has 0 unspecified atom stereocenters. The largest absolute Gasteiger partial charge is 0.496 e. The molecule has 0 spiro atoms. The Balaban J connectivity index is 2.24. The van der Waals surface area contributed by atoms with Crippen molar-refractivity contribution in [3.8, 4) is 5.75 Å². The first-order valence-electron chi connectivity index (χ1n) is 7.24. The molecule has 2 aromatic rings. The summed E-state index contributed by atoms with van der Waals surface area (Å²) in [5.41, 5.74) is 2.58. The summed E-state index contributed by atoms with van der Waals surface area (Å²) in [6.07, 6.45) is 0. The second-order valence-corrected chi connectivity index (χ2v) is 5.13. The van der Waals surface area contributed by atoms with E-state index in [2.05, 4.69) is 0 Å². The van der Waals surface area contributed by atoms with E-state index in [9.17, 15) is 9.90 Å². The highest BCUT2D eigenvalue weighted by Gasteiger charge is 2.17. The van der Waals surface area contributed by atoms with E-state index < -0.39 is 0 Å². The molecule has 22 heavy (non-hydrogen) atoms. The molecule has 2 rings (SSSR count). The van der Waals surface area contributed by atoms with Crippen LogP contribution in [-0.4, -0.2) is 36.2 Å². The maximum absolute atomic E-state index is 12.7. The van der Waals surface area contributed by atoms with Crippen LogP contribution in [0.5, 0.6) is 5.75 Å². The lowest BCUT2D eigenvalue weighted by Crippen LogP contribution is -2.33. The number of rotatable bonds is 6. The Morgan fingerprint density at radius 1 is 1.18 bits per heavy atom. The highest BCUT2D eigenvalue weighted by atomic mass is 16.5. The first-order chi connectivity index (χ1) is 10.7. The van der Waals surface area contributed by atoms with Gasteiger partial charge in [0.2, 0.25) is 0 Å². The number of nitrogens with zero attached hydrogens (tertiary/aromatic N) is 1. The standard InChI is InChI=1S/C18H21NO3/c1-14-6-5-8-15(12-14)18(21)19(10-11-20)13-16-7-3-4-9-17(16)22-2/h3-9,12,20H,10-11,13H2,1-2H3. The fraction of sp³-hybridized carbons (Fsp3) is 0.278. The summed E-state index contributed by atoms with van der Waals surface area (Å²) < 4.78 is 5.33. The molecule has 0 saturated carbocycles. The number of amides is 1. The fourth-order valence-corrected chi connectivity index (χ4v) is 2.37. The van der Waals surface area contributed by atoms with Crippen molar-refractivity contribution in [2.45, 2.75) is 13.5 Å². The van der Waals surface area contributed by atoms with Crippen molar-refractivity contribution in [1.29, 1.82) is 0 Å². The number of aryl methyl sites for hydroxylation is 1. The van der Waals surface area contributed by atoms with Crippen LogP contribution in [0.25, 0.3) is 0 Å². The van der Waals surface area contributed by atoms with E-state index in [1.165, 1.54) is 0 Å². The molecule has 1 amide bonds. The zero-order valence-corrected chi connectivity index (χ0v) is 13.0. The van der Waals surface area contributed by atoms with Crippen LogP contribution in [0.3, 0.4) is 0 Å². The Morgan fingerprint density at radius 2 is 1.95 bits per heavy atom. The van der Waals surface area contributed by atoms with Gasteiger partial charge in [-0.25, -0.2) is 0 Å². The molecule has 4 nitrogen and oxygen atoms in total. The summed E-state index contributed by atoms with van der Waals surface area (Å²) in [6, 6.07) is 15.1. The second kappa shape index (κ2) is 7.61. The van der Waals surface area contributed by atoms with Crippen LogP contribution < -0.4 is 4.74 Å². The Hall–Kier alpha value is -2.33. The molecule has 0 radical (unpaired) electrons. The lowest BCUT2D eigenvalue weighted by molar-refractivity contribution is 0.0706. The van der Waals surface area contributed by atoms with Crippen LogP contribution in [0, 0.1) is 6.92 Å². The first kappa shape index (κ1) is 16.0. The van der Waals surface area contributed by atoms with Crippen LogP contribution in [0.4, 0.5) is 0 Å². The smallest absolute Gasteiger partial charge is 0.254 e. The Morgan fingerprint density at radius 3 is 2.64 bits per heavy atom. The third-order valence-electron chi connectivity index (χ3n) is 3.48. The maximum Gasteiger partial charge on any atom is 0.254 e. The number of para-hydroxylation sites is 1. The summed E-state index contributed by atoms with van der Waals surface area (Å²) in [7, 11) is 1.61. The molecule has 0 atom stereocenters. The first-order valence-corrected chi connectivity index (χ1v) is 7.24. The van der Waals surface area contributed by atoms with E-state index in [0.717, 1.165) is 16.9 Å². The van der Waals surface area contributed by atoms with Crippen molar-refractivity contribution in [3.63, 3.8) is 0 Å². The minimum absolute atomic E-state index is 0.0767. The Kier molecular flexibility index (Phi) is 5.55. The molecule has 0 aliphatic rings. The number of carbonyl (C=O) groups is 1. The number of hydrogen-bond donors (Lipinski definition) is 1. The third kappa shape index (κ3) is 3.86. The van der Waals surface area contributed by atoms with E-state index >= 15 is 0 Å². The van der Waals surface area contributed by atoms with Gasteiger partial charge in [-0.2, -0.15) is 0 Å². The zero-order chi connectivity index (χ0) is 15.9. The number of hydrogen-bond acceptors (Lipinski definition) is 3. The van der Waals surface area contributed by atoms with Gasteiger partial charge in [-0.3, -0.25) is 4.79 Å². The van der Waals surface area contributed by atoms with Crippen LogP contribution in [0.1, 0.15) is 21.5 Å². The van der Waals surface area contributed by atoms with Gasteiger partial charge in [-0.1, -0.05) is 35.9 Å². The maximum atomic E-state index is 12.7. The van der Waals surface area contributed by atoms with Crippen LogP contribution in [-0.2, 0) is 6.54 Å². The molecule has 0 aromatic heterocycles. The van der Waals surface area contributed by atoms with Crippen molar-refractivity contribution in [2.75, 3.05) is 20.3 Å². The van der Waals surface area contributed by atoms with Crippen molar-refractivity contribution in [1.82, 2.24) is 4.90 Å². The van der Waals surface area contributed by atoms with E-state index in [-0.39, 0.29) is 19.1 Å². The van der Waals surface area contributed by atoms with E-state index in [4.69, 9.17) is 4.74 Å². The third-order valence-corrected chi connectivity index (χ3v) is 3.48. The summed E-state index contributed by atoms with van der Waals surface area (Å²) in [5, 5.41) is 9.27. The molecular formula is C18H21NO3. The molecule has 4 heteroatoms. The molecule has 0 bridgehead atoms. The van der Waals surface area contributed by atoms with E-state index in [1.807, 2.05) is 49.4 Å². The summed E-state index contributed by atoms with van der Waals surface area (Å²) in [6.45, 7) is 2.56. The number of methoxy groups -OCH3 is 1. The highest BCUT2D eigenvalue weighted by Crippen LogP contribution is 2.20. The van der Waals surface area contributed by atoms with Gasteiger partial charge >= 0.3 is 0 Å². The topological polar surface area (TPSA) is 49.8 Å². The molecule has 0 saturated heterocycles. The number of ether oxygens (including phenoxy) is 1. The number of carbonyl (C=O) groups excluding carboxylic acids is 1. The van der Waals surface area contributed by atoms with Gasteiger partial charge in [0.25, 0.3) is 5.91 Å². The summed E-state index contributed by atoms with van der Waals surface area (Å²) >= 11 is 0. The summed E-state index contributed by atoms with van der Waals surface area (Å²) in [5.74, 6) is 0.645. The minimum atomic E-state index is -0.0938. The normalized spacial score (nSPS) is 10.3. The van der Waals surface area contributed by atoms with Crippen LogP contribution in [0.2, 0.25) is 0 Å². The molecule has 0 aliphatic heterocycles. The van der Waals surface area contributed by atoms with Crippen molar-refractivity contribution in [3.05, 3.63) is 65.2 Å². The predicted molar refractivity (Wildman–Crippen MR) is 86.0 cm³/mol. The van der Waals surface area contributed by atoms with Crippen LogP contribution >= 0.6 is 0 Å². The van der Waals surface area contributed by atoms with Gasteiger partial charge in [-0.15, -0.1) is 0 Å². The minimum Gasteiger partial charge on any atom is -0.496 e. The molecule has 0 heterocycles. The van der Waals surface area contributed by atoms with Gasteiger partial charge in [0.1, 0.15) is 5.75 Å². The van der Waals surface area contributed by atoms with Gasteiger partial charge in [0.15, 0.2) is 0 Å². The highest BCUT2D eigenvalue weighted by molar-refractivity contribution is 5.94. The molecule has 1 N–H and O–H groups in total. The average molecular weight is 299 g/mol. The van der Waals surface area contributed by atoms with Gasteiger partial charge < -0.3 is 14.7 Å². The monoisotopic (exact) mass is 299 g/mol. The quantitative estimate of drug-likeness (QED) is 0.892. The van der Waals surface area contributed by atoms with Crippen molar-refractivity contribution < 1.29 is 14.6 Å². The predicted octanol–water partition coefficient (Wildman–Crippen LogP) is 2.64. The van der Waals surface area contributed by atoms with E-state index in [1.54, 1.807) is 18.1 Å². The lowest BCUT2D eigenvalue weighted by Gasteiger charge is -2.23. The molecule has 116 valence electrons.